The van der Waals surface area contributed by atoms with Crippen molar-refractivity contribution in [3.05, 3.63) is 35.6 Å². The highest BCUT2D eigenvalue weighted by molar-refractivity contribution is 5.94. The number of benzene rings is 1. The minimum atomic E-state index is -0.373. The lowest BCUT2D eigenvalue weighted by atomic mass is 9.49. The first-order valence-corrected chi connectivity index (χ1v) is 12.0. The van der Waals surface area contributed by atoms with E-state index in [1.54, 1.807) is 4.90 Å². The molecule has 1 aromatic carbocycles. The molecule has 5 aliphatic rings. The number of rotatable bonds is 4. The van der Waals surface area contributed by atoms with Crippen LogP contribution < -0.4 is 10.9 Å². The van der Waals surface area contributed by atoms with Gasteiger partial charge in [-0.15, -0.1) is 0 Å². The summed E-state index contributed by atoms with van der Waals surface area (Å²) in [6.45, 7) is 0.936. The quantitative estimate of drug-likeness (QED) is 0.703. The molecule has 1 saturated heterocycles. The Morgan fingerprint density at radius 3 is 2.03 bits per heavy atom. The smallest absolute Gasteiger partial charge is 0.253 e. The number of carbonyl (C=O) groups is 3. The second kappa shape index (κ2) is 8.49. The molecule has 0 atom stereocenters. The average Bonchev–Trinajstić information content (AvgIpc) is 2.76. The summed E-state index contributed by atoms with van der Waals surface area (Å²) in [5.74, 6) is 1.38. The number of amides is 3. The van der Waals surface area contributed by atoms with Gasteiger partial charge in [-0.2, -0.15) is 0 Å². The summed E-state index contributed by atoms with van der Waals surface area (Å²) >= 11 is 0. The summed E-state index contributed by atoms with van der Waals surface area (Å²) in [7, 11) is 0. The maximum atomic E-state index is 13.1. The molecule has 4 saturated carbocycles. The number of hydrogen-bond donors (Lipinski definition) is 2. The van der Waals surface area contributed by atoms with Gasteiger partial charge in [0, 0.05) is 31.0 Å². The third-order valence-electron chi connectivity index (χ3n) is 8.27. The highest BCUT2D eigenvalue weighted by atomic mass is 19.1. The predicted octanol–water partition coefficient (Wildman–Crippen LogP) is 3.43. The van der Waals surface area contributed by atoms with Crippen LogP contribution in [-0.2, 0) is 9.59 Å². The van der Waals surface area contributed by atoms with Gasteiger partial charge >= 0.3 is 0 Å². The maximum Gasteiger partial charge on any atom is 0.253 e. The second-order valence-electron chi connectivity index (χ2n) is 10.7. The molecule has 4 bridgehead atoms. The van der Waals surface area contributed by atoms with Crippen LogP contribution in [0.2, 0.25) is 0 Å². The summed E-state index contributed by atoms with van der Waals surface area (Å²) < 4.78 is 13.1. The van der Waals surface area contributed by atoms with Crippen molar-refractivity contribution >= 4 is 17.7 Å². The molecule has 32 heavy (non-hydrogen) atoms. The molecule has 3 amide bonds. The Morgan fingerprint density at radius 2 is 1.47 bits per heavy atom. The number of likely N-dealkylation sites (tertiary alicyclic amines) is 1. The lowest BCUT2D eigenvalue weighted by Gasteiger charge is -2.56. The van der Waals surface area contributed by atoms with E-state index >= 15 is 0 Å². The minimum absolute atomic E-state index is 0.0794. The highest BCUT2D eigenvalue weighted by Crippen LogP contribution is 2.61. The summed E-state index contributed by atoms with van der Waals surface area (Å²) in [4.78, 5) is 39.5. The van der Waals surface area contributed by atoms with Crippen LogP contribution in [0.3, 0.4) is 0 Å². The Morgan fingerprint density at radius 1 is 0.906 bits per heavy atom. The Labute approximate surface area is 188 Å². The first-order chi connectivity index (χ1) is 15.4. The van der Waals surface area contributed by atoms with Crippen molar-refractivity contribution < 1.29 is 18.8 Å². The van der Waals surface area contributed by atoms with Crippen molar-refractivity contribution in [3.8, 4) is 0 Å². The molecule has 172 valence electrons. The zero-order valence-corrected chi connectivity index (χ0v) is 18.4. The highest BCUT2D eigenvalue weighted by Gasteiger charge is 2.51. The first kappa shape index (κ1) is 21.4. The fourth-order valence-corrected chi connectivity index (χ4v) is 7.24. The molecular weight excluding hydrogens is 409 g/mol. The zero-order valence-electron chi connectivity index (χ0n) is 18.4. The number of piperidine rings is 1. The molecule has 1 aliphatic heterocycles. The normalized spacial score (nSPS) is 31.4. The summed E-state index contributed by atoms with van der Waals surface area (Å²) in [5.41, 5.74) is 5.90. The van der Waals surface area contributed by atoms with Gasteiger partial charge in [-0.25, -0.2) is 4.39 Å². The van der Waals surface area contributed by atoms with Gasteiger partial charge in [0.2, 0.25) is 11.8 Å². The van der Waals surface area contributed by atoms with Crippen molar-refractivity contribution in [2.45, 2.75) is 57.8 Å². The van der Waals surface area contributed by atoms with E-state index in [2.05, 4.69) is 10.9 Å². The molecular formula is C25H32FN3O3. The van der Waals surface area contributed by atoms with E-state index in [1.807, 2.05) is 0 Å². The molecule has 1 heterocycles. The van der Waals surface area contributed by atoms with Crippen LogP contribution in [0.25, 0.3) is 0 Å². The standard InChI is InChI=1S/C25H32FN3O3/c26-21-3-1-20(2-4-21)24(32)29-7-5-19(6-8-29)23(31)28-27-22(30)15-25-12-16-9-17(13-25)11-18(10-16)14-25/h1-4,16-19H,5-15H2,(H,27,30)(H,28,31). The lowest BCUT2D eigenvalue weighted by molar-refractivity contribution is -0.136. The second-order valence-corrected chi connectivity index (χ2v) is 10.7. The van der Waals surface area contributed by atoms with Gasteiger partial charge in [0.05, 0.1) is 0 Å². The van der Waals surface area contributed by atoms with Crippen LogP contribution in [0.1, 0.15) is 68.1 Å². The predicted molar refractivity (Wildman–Crippen MR) is 117 cm³/mol. The van der Waals surface area contributed by atoms with Crippen LogP contribution in [0.4, 0.5) is 4.39 Å². The third kappa shape index (κ3) is 4.39. The fraction of sp³-hybridized carbons (Fsp3) is 0.640. The monoisotopic (exact) mass is 441 g/mol. The summed E-state index contributed by atoms with van der Waals surface area (Å²) in [5, 5.41) is 0. The minimum Gasteiger partial charge on any atom is -0.339 e. The summed E-state index contributed by atoms with van der Waals surface area (Å²) in [6.07, 6.45) is 9.15. The molecule has 4 aliphatic carbocycles. The Hall–Kier alpha value is -2.44. The molecule has 0 radical (unpaired) electrons. The van der Waals surface area contributed by atoms with Crippen LogP contribution in [0.5, 0.6) is 0 Å². The third-order valence-corrected chi connectivity index (χ3v) is 8.27. The molecule has 0 aromatic heterocycles. The molecule has 7 heteroatoms. The van der Waals surface area contributed by atoms with Crippen LogP contribution >= 0.6 is 0 Å². The first-order valence-electron chi connectivity index (χ1n) is 12.0. The topological polar surface area (TPSA) is 78.5 Å². The molecule has 6 nitrogen and oxygen atoms in total. The van der Waals surface area contributed by atoms with Crippen LogP contribution in [-0.4, -0.2) is 35.7 Å². The van der Waals surface area contributed by atoms with E-state index in [0.717, 1.165) is 17.8 Å². The number of halogens is 1. The largest absolute Gasteiger partial charge is 0.339 e. The number of hydrazine groups is 1. The van der Waals surface area contributed by atoms with E-state index in [1.165, 1.54) is 62.8 Å². The van der Waals surface area contributed by atoms with Gasteiger partial charge in [0.15, 0.2) is 0 Å². The Kier molecular flexibility index (Phi) is 5.68. The molecule has 6 rings (SSSR count). The average molecular weight is 442 g/mol. The maximum absolute atomic E-state index is 13.1. The van der Waals surface area contributed by atoms with Gasteiger partial charge < -0.3 is 4.90 Å². The molecule has 0 unspecified atom stereocenters. The zero-order chi connectivity index (χ0) is 22.3. The van der Waals surface area contributed by atoms with Gasteiger partial charge in [-0.3, -0.25) is 25.2 Å². The molecule has 5 fully saturated rings. The Bertz CT molecular complexity index is 857. The van der Waals surface area contributed by atoms with E-state index in [-0.39, 0.29) is 34.9 Å². The molecule has 0 spiro atoms. The SMILES string of the molecule is O=C(CC12CC3CC(CC(C3)C1)C2)NNC(=O)C1CCN(C(=O)c2ccc(F)cc2)CC1. The van der Waals surface area contributed by atoms with Gasteiger partial charge in [0.1, 0.15) is 5.82 Å². The van der Waals surface area contributed by atoms with Crippen molar-refractivity contribution in [1.82, 2.24) is 15.8 Å². The van der Waals surface area contributed by atoms with E-state index in [9.17, 15) is 18.8 Å². The number of carbonyl (C=O) groups excluding carboxylic acids is 3. The van der Waals surface area contributed by atoms with Crippen LogP contribution in [0.15, 0.2) is 24.3 Å². The van der Waals surface area contributed by atoms with Crippen molar-refractivity contribution in [2.75, 3.05) is 13.1 Å². The Balaban J connectivity index is 1.07. The van der Waals surface area contributed by atoms with Gasteiger partial charge in [-0.05, 0) is 98.8 Å². The van der Waals surface area contributed by atoms with Crippen molar-refractivity contribution in [1.29, 1.82) is 0 Å². The van der Waals surface area contributed by atoms with E-state index < -0.39 is 0 Å². The van der Waals surface area contributed by atoms with Crippen molar-refractivity contribution in [3.63, 3.8) is 0 Å². The fourth-order valence-electron chi connectivity index (χ4n) is 7.24. The lowest BCUT2D eigenvalue weighted by Crippen LogP contribution is -2.51. The van der Waals surface area contributed by atoms with E-state index in [0.29, 0.717) is 37.9 Å². The van der Waals surface area contributed by atoms with E-state index in [4.69, 9.17) is 0 Å². The van der Waals surface area contributed by atoms with Gasteiger partial charge in [0.25, 0.3) is 5.91 Å². The number of nitrogens with zero attached hydrogens (tertiary/aromatic N) is 1. The van der Waals surface area contributed by atoms with Crippen LogP contribution in [0, 0.1) is 34.9 Å². The molecule has 1 aromatic rings. The number of nitrogens with one attached hydrogen (secondary N) is 2. The molecule has 2 N–H and O–H groups in total. The number of hydrogen-bond acceptors (Lipinski definition) is 3. The van der Waals surface area contributed by atoms with Gasteiger partial charge in [-0.1, -0.05) is 0 Å². The summed E-state index contributed by atoms with van der Waals surface area (Å²) in [6, 6.07) is 5.52. The van der Waals surface area contributed by atoms with Crippen molar-refractivity contribution in [2.24, 2.45) is 29.1 Å².